The standard InChI is InChI=1S/C22H32N4O3/c1-18-6-8-19(9-7-18)16-25-14-15-26(22(29)21(25)28)17-20(27)23-10-5-13-24-11-3-2-4-12-24/h6-9H,2-5,10-17H2,1H3,(H,23,27). The molecule has 3 rings (SSSR count). The molecule has 0 radical (unpaired) electrons. The number of amides is 3. The Morgan fingerprint density at radius 3 is 2.31 bits per heavy atom. The van der Waals surface area contributed by atoms with Crippen LogP contribution in [0.1, 0.15) is 36.8 Å². The van der Waals surface area contributed by atoms with Gasteiger partial charge in [0.2, 0.25) is 5.91 Å². The van der Waals surface area contributed by atoms with Crippen LogP contribution in [0.25, 0.3) is 0 Å². The number of aryl methyl sites for hydroxylation is 1. The van der Waals surface area contributed by atoms with Gasteiger partial charge in [0.15, 0.2) is 0 Å². The Bertz CT molecular complexity index is 713. The number of carbonyl (C=O) groups excluding carboxylic acids is 3. The van der Waals surface area contributed by atoms with Crippen molar-refractivity contribution in [1.29, 1.82) is 0 Å². The van der Waals surface area contributed by atoms with Gasteiger partial charge in [0.1, 0.15) is 6.54 Å². The maximum atomic E-state index is 12.4. The molecule has 3 amide bonds. The normalized spacial score (nSPS) is 18.2. The smallest absolute Gasteiger partial charge is 0.312 e. The summed E-state index contributed by atoms with van der Waals surface area (Å²) in [5.74, 6) is -1.32. The number of rotatable bonds is 8. The summed E-state index contributed by atoms with van der Waals surface area (Å²) in [5.41, 5.74) is 2.15. The number of hydrogen-bond acceptors (Lipinski definition) is 4. The Balaban J connectivity index is 1.38. The van der Waals surface area contributed by atoms with Crippen molar-refractivity contribution >= 4 is 17.7 Å². The quantitative estimate of drug-likeness (QED) is 0.525. The third-order valence-electron chi connectivity index (χ3n) is 5.65. The fourth-order valence-corrected chi connectivity index (χ4v) is 3.87. The number of carbonyl (C=O) groups is 3. The zero-order chi connectivity index (χ0) is 20.6. The molecule has 0 aromatic heterocycles. The van der Waals surface area contributed by atoms with E-state index in [1.807, 2.05) is 31.2 Å². The summed E-state index contributed by atoms with van der Waals surface area (Å²) in [7, 11) is 0. The Morgan fingerprint density at radius 2 is 1.59 bits per heavy atom. The van der Waals surface area contributed by atoms with Crippen molar-refractivity contribution in [3.8, 4) is 0 Å². The van der Waals surface area contributed by atoms with E-state index in [4.69, 9.17) is 0 Å². The van der Waals surface area contributed by atoms with Crippen molar-refractivity contribution in [2.45, 2.75) is 39.2 Å². The summed E-state index contributed by atoms with van der Waals surface area (Å²) in [6, 6.07) is 7.93. The summed E-state index contributed by atoms with van der Waals surface area (Å²) >= 11 is 0. The zero-order valence-electron chi connectivity index (χ0n) is 17.4. The highest BCUT2D eigenvalue weighted by Crippen LogP contribution is 2.12. The molecule has 0 bridgehead atoms. The average Bonchev–Trinajstić information content (AvgIpc) is 2.73. The number of benzene rings is 1. The monoisotopic (exact) mass is 400 g/mol. The zero-order valence-corrected chi connectivity index (χ0v) is 17.4. The van der Waals surface area contributed by atoms with Crippen LogP contribution in [0.3, 0.4) is 0 Å². The first-order chi connectivity index (χ1) is 14.0. The van der Waals surface area contributed by atoms with Crippen LogP contribution in [-0.2, 0) is 20.9 Å². The molecule has 2 aliphatic heterocycles. The molecule has 1 N–H and O–H groups in total. The molecule has 0 aliphatic carbocycles. The minimum Gasteiger partial charge on any atom is -0.355 e. The molecule has 7 heteroatoms. The molecule has 29 heavy (non-hydrogen) atoms. The minimum atomic E-state index is -0.591. The van der Waals surface area contributed by atoms with Crippen LogP contribution in [0.2, 0.25) is 0 Å². The molecule has 7 nitrogen and oxygen atoms in total. The van der Waals surface area contributed by atoms with Crippen LogP contribution in [-0.4, -0.2) is 78.2 Å². The molecule has 1 aromatic carbocycles. The highest BCUT2D eigenvalue weighted by Gasteiger charge is 2.33. The first-order valence-corrected chi connectivity index (χ1v) is 10.7. The molecule has 2 saturated heterocycles. The summed E-state index contributed by atoms with van der Waals surface area (Å²) in [4.78, 5) is 42.3. The van der Waals surface area contributed by atoms with Crippen LogP contribution in [0.4, 0.5) is 0 Å². The molecule has 2 heterocycles. The molecule has 2 fully saturated rings. The largest absolute Gasteiger partial charge is 0.355 e. The van der Waals surface area contributed by atoms with Crippen LogP contribution in [0.5, 0.6) is 0 Å². The SMILES string of the molecule is Cc1ccc(CN2CCN(CC(=O)NCCCN3CCCCC3)C(=O)C2=O)cc1. The Hall–Kier alpha value is -2.41. The Labute approximate surface area is 173 Å². The van der Waals surface area contributed by atoms with Gasteiger partial charge in [-0.3, -0.25) is 14.4 Å². The molecule has 0 unspecified atom stereocenters. The van der Waals surface area contributed by atoms with E-state index < -0.39 is 11.8 Å². The molecule has 158 valence electrons. The third kappa shape index (κ3) is 6.29. The number of hydrogen-bond donors (Lipinski definition) is 1. The first kappa shape index (κ1) is 21.3. The lowest BCUT2D eigenvalue weighted by Gasteiger charge is -2.33. The molecular weight excluding hydrogens is 368 g/mol. The van der Waals surface area contributed by atoms with Crippen LogP contribution in [0.15, 0.2) is 24.3 Å². The molecule has 2 aliphatic rings. The van der Waals surface area contributed by atoms with Gasteiger partial charge in [-0.2, -0.15) is 0 Å². The number of piperidine rings is 1. The van der Waals surface area contributed by atoms with E-state index >= 15 is 0 Å². The van der Waals surface area contributed by atoms with E-state index in [0.29, 0.717) is 26.2 Å². The lowest BCUT2D eigenvalue weighted by molar-refractivity contribution is -0.157. The second-order valence-electron chi connectivity index (χ2n) is 8.04. The van der Waals surface area contributed by atoms with Crippen LogP contribution in [0, 0.1) is 6.92 Å². The van der Waals surface area contributed by atoms with Gasteiger partial charge in [-0.05, 0) is 51.4 Å². The van der Waals surface area contributed by atoms with Gasteiger partial charge in [0.05, 0.1) is 0 Å². The van der Waals surface area contributed by atoms with E-state index in [1.165, 1.54) is 24.2 Å². The predicted molar refractivity (Wildman–Crippen MR) is 111 cm³/mol. The maximum absolute atomic E-state index is 12.4. The van der Waals surface area contributed by atoms with Crippen molar-refractivity contribution in [2.75, 3.05) is 45.8 Å². The molecule has 0 saturated carbocycles. The van der Waals surface area contributed by atoms with Gasteiger partial charge < -0.3 is 20.0 Å². The Morgan fingerprint density at radius 1 is 0.931 bits per heavy atom. The second kappa shape index (κ2) is 10.4. The number of nitrogens with one attached hydrogen (secondary N) is 1. The fraction of sp³-hybridized carbons (Fsp3) is 0.591. The van der Waals surface area contributed by atoms with Crippen LogP contribution >= 0.6 is 0 Å². The highest BCUT2D eigenvalue weighted by atomic mass is 16.2. The van der Waals surface area contributed by atoms with Crippen LogP contribution < -0.4 is 5.32 Å². The average molecular weight is 401 g/mol. The van der Waals surface area contributed by atoms with Crippen molar-refractivity contribution in [1.82, 2.24) is 20.0 Å². The van der Waals surface area contributed by atoms with E-state index in [2.05, 4.69) is 10.2 Å². The van der Waals surface area contributed by atoms with Gasteiger partial charge in [-0.15, -0.1) is 0 Å². The maximum Gasteiger partial charge on any atom is 0.312 e. The van der Waals surface area contributed by atoms with Gasteiger partial charge >= 0.3 is 11.8 Å². The lowest BCUT2D eigenvalue weighted by Crippen LogP contribution is -2.56. The van der Waals surface area contributed by atoms with Gasteiger partial charge in [-0.25, -0.2) is 0 Å². The van der Waals surface area contributed by atoms with Gasteiger partial charge in [0, 0.05) is 26.2 Å². The number of nitrogens with zero attached hydrogens (tertiary/aromatic N) is 3. The first-order valence-electron chi connectivity index (χ1n) is 10.7. The number of likely N-dealkylation sites (tertiary alicyclic amines) is 1. The van der Waals surface area contributed by atoms with E-state index in [1.54, 1.807) is 4.90 Å². The van der Waals surface area contributed by atoms with Gasteiger partial charge in [0.25, 0.3) is 0 Å². The highest BCUT2D eigenvalue weighted by molar-refractivity contribution is 6.35. The molecule has 1 aromatic rings. The minimum absolute atomic E-state index is 0.0489. The summed E-state index contributed by atoms with van der Waals surface area (Å²) in [5, 5.41) is 2.88. The number of piperazine rings is 1. The summed E-state index contributed by atoms with van der Waals surface area (Å²) in [6.45, 7) is 7.11. The lowest BCUT2D eigenvalue weighted by atomic mass is 10.1. The summed E-state index contributed by atoms with van der Waals surface area (Å²) in [6.07, 6.45) is 4.75. The fourth-order valence-electron chi connectivity index (χ4n) is 3.87. The molecule has 0 atom stereocenters. The van der Waals surface area contributed by atoms with Crippen molar-refractivity contribution in [2.24, 2.45) is 0 Å². The summed E-state index contributed by atoms with van der Waals surface area (Å²) < 4.78 is 0. The van der Waals surface area contributed by atoms with Crippen molar-refractivity contribution < 1.29 is 14.4 Å². The van der Waals surface area contributed by atoms with Crippen molar-refractivity contribution in [3.05, 3.63) is 35.4 Å². The Kier molecular flexibility index (Phi) is 7.63. The molecular formula is C22H32N4O3. The van der Waals surface area contributed by atoms with E-state index in [-0.39, 0.29) is 12.5 Å². The van der Waals surface area contributed by atoms with Gasteiger partial charge in [-0.1, -0.05) is 36.2 Å². The predicted octanol–water partition coefficient (Wildman–Crippen LogP) is 1.16. The molecule has 0 spiro atoms. The topological polar surface area (TPSA) is 73.0 Å². The second-order valence-corrected chi connectivity index (χ2v) is 8.04. The van der Waals surface area contributed by atoms with Crippen molar-refractivity contribution in [3.63, 3.8) is 0 Å². The van der Waals surface area contributed by atoms with E-state index in [9.17, 15) is 14.4 Å². The third-order valence-corrected chi connectivity index (χ3v) is 5.65. The van der Waals surface area contributed by atoms with E-state index in [0.717, 1.165) is 37.2 Å².